The molecule has 0 atom stereocenters. The predicted molar refractivity (Wildman–Crippen MR) is 101 cm³/mol. The smallest absolute Gasteiger partial charge is 0.453 e. The lowest BCUT2D eigenvalue weighted by Gasteiger charge is -2.05. The highest BCUT2D eigenvalue weighted by Gasteiger charge is 2.37. The third-order valence-corrected chi connectivity index (χ3v) is 5.06. The van der Waals surface area contributed by atoms with Crippen LogP contribution in [0, 0.1) is 0 Å². The maximum absolute atomic E-state index is 13.1. The molecule has 0 bridgehead atoms. The van der Waals surface area contributed by atoms with Crippen LogP contribution in [-0.2, 0) is 16.0 Å². The molecule has 0 fully saturated rings. The van der Waals surface area contributed by atoms with Gasteiger partial charge in [-0.1, -0.05) is 18.2 Å². The number of sulfone groups is 1. The Balaban J connectivity index is 2.01. The van der Waals surface area contributed by atoms with Crippen molar-refractivity contribution >= 4 is 22.0 Å². The van der Waals surface area contributed by atoms with E-state index in [1.807, 2.05) is 0 Å². The molecule has 0 aliphatic rings. The van der Waals surface area contributed by atoms with E-state index in [9.17, 15) is 21.6 Å². The average molecular weight is 423 g/mol. The molecule has 3 rings (SSSR count). The Hall–Kier alpha value is -3.14. The van der Waals surface area contributed by atoms with E-state index in [4.69, 9.17) is 4.74 Å². The molecular weight excluding hydrogens is 407 g/mol. The van der Waals surface area contributed by atoms with Crippen molar-refractivity contribution in [2.45, 2.75) is 11.1 Å². The Morgan fingerprint density at radius 2 is 1.62 bits per heavy atom. The van der Waals surface area contributed by atoms with Gasteiger partial charge in [0.25, 0.3) is 5.82 Å². The lowest BCUT2D eigenvalue weighted by Crippen LogP contribution is -2.08. The van der Waals surface area contributed by atoms with Crippen LogP contribution in [0.1, 0.15) is 17.2 Å². The Bertz CT molecular complexity index is 1130. The summed E-state index contributed by atoms with van der Waals surface area (Å²) in [6, 6.07) is 12.3. The predicted octanol–water partition coefficient (Wildman–Crippen LogP) is 3.87. The highest BCUT2D eigenvalue weighted by Crippen LogP contribution is 2.28. The number of benzene rings is 2. The fourth-order valence-electron chi connectivity index (χ4n) is 2.46. The van der Waals surface area contributed by atoms with Gasteiger partial charge in [0.05, 0.1) is 17.7 Å². The number of hydrogen-bond acceptors (Lipinski definition) is 5. The fraction of sp³-hybridized carbons (Fsp3) is 0.158. The van der Waals surface area contributed by atoms with Gasteiger partial charge in [-0.05, 0) is 48.0 Å². The summed E-state index contributed by atoms with van der Waals surface area (Å²) < 4.78 is 68.6. The lowest BCUT2D eigenvalue weighted by atomic mass is 10.2. The summed E-state index contributed by atoms with van der Waals surface area (Å²) in [7, 11) is -1.90. The summed E-state index contributed by atoms with van der Waals surface area (Å²) in [5, 5.41) is 3.54. The van der Waals surface area contributed by atoms with Crippen LogP contribution in [0.2, 0.25) is 0 Å². The molecule has 0 saturated heterocycles. The molecule has 2 aromatic carbocycles. The van der Waals surface area contributed by atoms with Crippen LogP contribution in [0.25, 0.3) is 17.8 Å². The third-order valence-electron chi connectivity index (χ3n) is 3.94. The number of alkyl halides is 3. The summed E-state index contributed by atoms with van der Waals surface area (Å²) in [5.41, 5.74) is 0.969. The van der Waals surface area contributed by atoms with Crippen LogP contribution in [-0.4, -0.2) is 36.5 Å². The highest BCUT2D eigenvalue weighted by molar-refractivity contribution is 7.90. The van der Waals surface area contributed by atoms with Gasteiger partial charge < -0.3 is 4.74 Å². The van der Waals surface area contributed by atoms with E-state index in [0.717, 1.165) is 16.5 Å². The number of ether oxygens (including phenoxy) is 1. The van der Waals surface area contributed by atoms with E-state index in [1.54, 1.807) is 30.3 Å². The summed E-state index contributed by atoms with van der Waals surface area (Å²) in [6.45, 7) is 0. The van der Waals surface area contributed by atoms with Crippen molar-refractivity contribution in [1.29, 1.82) is 0 Å². The van der Waals surface area contributed by atoms with Crippen LogP contribution < -0.4 is 4.74 Å². The zero-order chi connectivity index (χ0) is 21.2. The molecule has 152 valence electrons. The number of halogens is 3. The first kappa shape index (κ1) is 20.6. The first-order chi connectivity index (χ1) is 13.6. The molecule has 1 aromatic heterocycles. The van der Waals surface area contributed by atoms with Crippen molar-refractivity contribution in [2.75, 3.05) is 13.4 Å². The van der Waals surface area contributed by atoms with Gasteiger partial charge in [0.1, 0.15) is 5.75 Å². The number of hydrogen-bond donors (Lipinski definition) is 0. The minimum absolute atomic E-state index is 0.0488. The van der Waals surface area contributed by atoms with Crippen LogP contribution in [0.5, 0.6) is 5.75 Å². The molecule has 1 heterocycles. The van der Waals surface area contributed by atoms with E-state index in [2.05, 4.69) is 10.1 Å². The normalized spacial score (nSPS) is 12.4. The van der Waals surface area contributed by atoms with E-state index in [-0.39, 0.29) is 16.4 Å². The van der Waals surface area contributed by atoms with Crippen LogP contribution >= 0.6 is 0 Å². The maximum atomic E-state index is 13.1. The van der Waals surface area contributed by atoms with Gasteiger partial charge in [-0.15, -0.1) is 5.10 Å². The molecule has 0 amide bonds. The number of aromatic nitrogens is 3. The first-order valence-electron chi connectivity index (χ1n) is 8.25. The molecule has 29 heavy (non-hydrogen) atoms. The molecule has 6 nitrogen and oxygen atoms in total. The second-order valence-corrected chi connectivity index (χ2v) is 8.09. The molecule has 0 aliphatic heterocycles. The Morgan fingerprint density at radius 1 is 1.00 bits per heavy atom. The van der Waals surface area contributed by atoms with Gasteiger partial charge in [0.2, 0.25) is 0 Å². The molecule has 0 saturated carbocycles. The quantitative estimate of drug-likeness (QED) is 0.623. The van der Waals surface area contributed by atoms with Crippen LogP contribution in [0.3, 0.4) is 0 Å². The summed E-state index contributed by atoms with van der Waals surface area (Å²) >= 11 is 0. The summed E-state index contributed by atoms with van der Waals surface area (Å²) in [5.74, 6) is -0.699. The van der Waals surface area contributed by atoms with Crippen molar-refractivity contribution in [3.05, 3.63) is 65.7 Å². The Labute approximate surface area is 165 Å². The summed E-state index contributed by atoms with van der Waals surface area (Å²) in [6.07, 6.45) is -0.692. The molecule has 0 unspecified atom stereocenters. The second-order valence-electron chi connectivity index (χ2n) is 6.08. The standard InChI is InChI=1S/C19H16F3N3O3S/c1-28-15-8-3-13(4-9-15)5-12-17-23-18(19(20,21)22)24-25(17)14-6-10-16(11-7-14)29(2,26)27/h3-12H,1-2H3. The van der Waals surface area contributed by atoms with Gasteiger partial charge in [0, 0.05) is 6.26 Å². The van der Waals surface area contributed by atoms with E-state index < -0.39 is 21.8 Å². The average Bonchev–Trinajstić information content (AvgIpc) is 3.11. The fourth-order valence-corrected chi connectivity index (χ4v) is 3.09. The van der Waals surface area contributed by atoms with E-state index in [0.29, 0.717) is 5.75 Å². The van der Waals surface area contributed by atoms with Crippen LogP contribution in [0.4, 0.5) is 13.2 Å². The van der Waals surface area contributed by atoms with Crippen molar-refractivity contribution in [3.63, 3.8) is 0 Å². The van der Waals surface area contributed by atoms with Crippen molar-refractivity contribution < 1.29 is 26.3 Å². The molecule has 0 spiro atoms. The zero-order valence-electron chi connectivity index (χ0n) is 15.4. The largest absolute Gasteiger partial charge is 0.497 e. The molecule has 0 radical (unpaired) electrons. The van der Waals surface area contributed by atoms with E-state index in [1.165, 1.54) is 37.5 Å². The second kappa shape index (κ2) is 7.70. The topological polar surface area (TPSA) is 74.1 Å². The van der Waals surface area contributed by atoms with Crippen LogP contribution in [0.15, 0.2) is 53.4 Å². The molecule has 0 N–H and O–H groups in total. The number of methoxy groups -OCH3 is 1. The van der Waals surface area contributed by atoms with Gasteiger partial charge >= 0.3 is 6.18 Å². The molecular formula is C19H16F3N3O3S. The highest BCUT2D eigenvalue weighted by atomic mass is 32.2. The van der Waals surface area contributed by atoms with Crippen molar-refractivity contribution in [3.8, 4) is 11.4 Å². The van der Waals surface area contributed by atoms with Gasteiger partial charge in [-0.25, -0.2) is 18.1 Å². The molecule has 3 aromatic rings. The minimum atomic E-state index is -4.72. The Morgan fingerprint density at radius 3 is 2.14 bits per heavy atom. The number of rotatable bonds is 5. The minimum Gasteiger partial charge on any atom is -0.497 e. The van der Waals surface area contributed by atoms with Crippen molar-refractivity contribution in [1.82, 2.24) is 14.8 Å². The molecule has 0 aliphatic carbocycles. The third kappa shape index (κ3) is 4.83. The van der Waals surface area contributed by atoms with Crippen molar-refractivity contribution in [2.24, 2.45) is 0 Å². The maximum Gasteiger partial charge on any atom is 0.453 e. The monoisotopic (exact) mass is 423 g/mol. The van der Waals surface area contributed by atoms with E-state index >= 15 is 0 Å². The van der Waals surface area contributed by atoms with Gasteiger partial charge in [-0.2, -0.15) is 13.2 Å². The zero-order valence-corrected chi connectivity index (χ0v) is 16.2. The lowest BCUT2D eigenvalue weighted by molar-refractivity contribution is -0.144. The van der Waals surface area contributed by atoms with Gasteiger partial charge in [-0.3, -0.25) is 0 Å². The Kier molecular flexibility index (Phi) is 5.47. The first-order valence-corrected chi connectivity index (χ1v) is 10.1. The SMILES string of the molecule is COc1ccc(C=Cc2nc(C(F)(F)F)nn2-c2ccc(S(C)(=O)=O)cc2)cc1. The number of nitrogens with zero attached hydrogens (tertiary/aromatic N) is 3. The molecule has 10 heteroatoms. The van der Waals surface area contributed by atoms with Gasteiger partial charge in [0.15, 0.2) is 15.7 Å². The summed E-state index contributed by atoms with van der Waals surface area (Å²) in [4.78, 5) is 3.62.